The van der Waals surface area contributed by atoms with Gasteiger partial charge < -0.3 is 5.73 Å². The van der Waals surface area contributed by atoms with Crippen LogP contribution in [-0.4, -0.2) is 11.8 Å². The predicted molar refractivity (Wildman–Crippen MR) is 58.9 cm³/mol. The highest BCUT2D eigenvalue weighted by Gasteiger charge is 2.30. The van der Waals surface area contributed by atoms with Gasteiger partial charge in [0.15, 0.2) is 5.78 Å². The Morgan fingerprint density at radius 2 is 2.00 bits per heavy atom. The summed E-state index contributed by atoms with van der Waals surface area (Å²) in [5.41, 5.74) is 5.78. The van der Waals surface area contributed by atoms with Crippen LogP contribution in [0.25, 0.3) is 0 Å². The van der Waals surface area contributed by atoms with Gasteiger partial charge in [-0.3, -0.25) is 4.79 Å². The Bertz CT molecular complexity index is 202. The van der Waals surface area contributed by atoms with Crippen molar-refractivity contribution in [2.45, 2.75) is 52.5 Å². The Balaban J connectivity index is 2.50. The summed E-state index contributed by atoms with van der Waals surface area (Å²) in [6.07, 6.45) is 4.07. The summed E-state index contributed by atoms with van der Waals surface area (Å²) in [4.78, 5) is 11.9. The molecule has 82 valence electrons. The van der Waals surface area contributed by atoms with Gasteiger partial charge in [0.1, 0.15) is 0 Å². The summed E-state index contributed by atoms with van der Waals surface area (Å²) >= 11 is 0. The summed E-state index contributed by atoms with van der Waals surface area (Å²) < 4.78 is 0. The van der Waals surface area contributed by atoms with Crippen molar-refractivity contribution >= 4 is 5.78 Å². The van der Waals surface area contributed by atoms with Crippen LogP contribution in [-0.2, 0) is 4.79 Å². The van der Waals surface area contributed by atoms with Crippen LogP contribution in [0.1, 0.15) is 46.5 Å². The van der Waals surface area contributed by atoms with E-state index in [1.165, 1.54) is 6.42 Å². The topological polar surface area (TPSA) is 43.1 Å². The lowest BCUT2D eigenvalue weighted by Gasteiger charge is -2.32. The Labute approximate surface area is 87.2 Å². The molecular weight excluding hydrogens is 174 g/mol. The van der Waals surface area contributed by atoms with Crippen molar-refractivity contribution in [1.82, 2.24) is 0 Å². The highest BCUT2D eigenvalue weighted by molar-refractivity contribution is 5.86. The highest BCUT2D eigenvalue weighted by Crippen LogP contribution is 2.34. The van der Waals surface area contributed by atoms with Gasteiger partial charge in [0, 0.05) is 5.92 Å². The zero-order valence-electron chi connectivity index (χ0n) is 9.62. The first-order valence-corrected chi connectivity index (χ1v) is 5.85. The fourth-order valence-corrected chi connectivity index (χ4v) is 2.31. The van der Waals surface area contributed by atoms with Crippen LogP contribution in [0, 0.1) is 17.8 Å². The van der Waals surface area contributed by atoms with E-state index in [-0.39, 0.29) is 12.0 Å². The molecule has 0 heterocycles. The number of ketones is 1. The normalized spacial score (nSPS) is 35.3. The molecule has 0 saturated heterocycles. The molecule has 4 unspecified atom stereocenters. The van der Waals surface area contributed by atoms with Gasteiger partial charge in [0.2, 0.25) is 0 Å². The van der Waals surface area contributed by atoms with Crippen molar-refractivity contribution in [3.63, 3.8) is 0 Å². The maximum atomic E-state index is 11.9. The number of carbonyl (C=O) groups is 1. The number of rotatable bonds is 3. The largest absolute Gasteiger partial charge is 0.322 e. The molecule has 4 atom stereocenters. The van der Waals surface area contributed by atoms with Gasteiger partial charge in [0.05, 0.1) is 6.04 Å². The fraction of sp³-hybridized carbons (Fsp3) is 0.917. The summed E-state index contributed by atoms with van der Waals surface area (Å²) in [6, 6.07) is -0.222. The van der Waals surface area contributed by atoms with Gasteiger partial charge in [-0.1, -0.05) is 20.8 Å². The van der Waals surface area contributed by atoms with Crippen molar-refractivity contribution in [3.05, 3.63) is 0 Å². The van der Waals surface area contributed by atoms with Crippen LogP contribution in [0.3, 0.4) is 0 Å². The second-order valence-corrected chi connectivity index (χ2v) is 4.88. The van der Waals surface area contributed by atoms with Crippen molar-refractivity contribution in [2.75, 3.05) is 0 Å². The number of nitrogens with two attached hydrogens (primary N) is 1. The van der Waals surface area contributed by atoms with Crippen molar-refractivity contribution in [1.29, 1.82) is 0 Å². The quantitative estimate of drug-likeness (QED) is 0.754. The van der Waals surface area contributed by atoms with Gasteiger partial charge in [0.25, 0.3) is 0 Å². The molecule has 1 rings (SSSR count). The number of hydrogen-bond donors (Lipinski definition) is 1. The van der Waals surface area contributed by atoms with Gasteiger partial charge in [-0.05, 0) is 37.5 Å². The third-order valence-electron chi connectivity index (χ3n) is 3.81. The first-order chi connectivity index (χ1) is 6.56. The molecule has 0 bridgehead atoms. The van der Waals surface area contributed by atoms with E-state index in [4.69, 9.17) is 5.73 Å². The molecule has 0 aromatic heterocycles. The van der Waals surface area contributed by atoms with E-state index in [1.54, 1.807) is 0 Å². The molecule has 0 aliphatic heterocycles. The van der Waals surface area contributed by atoms with Crippen LogP contribution < -0.4 is 5.73 Å². The van der Waals surface area contributed by atoms with Crippen molar-refractivity contribution in [3.8, 4) is 0 Å². The highest BCUT2D eigenvalue weighted by atomic mass is 16.1. The van der Waals surface area contributed by atoms with E-state index < -0.39 is 0 Å². The average Bonchev–Trinajstić information content (AvgIpc) is 2.20. The lowest BCUT2D eigenvalue weighted by Crippen LogP contribution is -2.38. The van der Waals surface area contributed by atoms with Crippen LogP contribution in [0.5, 0.6) is 0 Å². The number of hydrogen-bond acceptors (Lipinski definition) is 2. The molecule has 0 radical (unpaired) electrons. The second-order valence-electron chi connectivity index (χ2n) is 4.88. The summed E-state index contributed by atoms with van der Waals surface area (Å²) in [7, 11) is 0. The van der Waals surface area contributed by atoms with Crippen LogP contribution >= 0.6 is 0 Å². The molecule has 1 aliphatic carbocycles. The van der Waals surface area contributed by atoms with Crippen LogP contribution in [0.15, 0.2) is 0 Å². The molecule has 2 N–H and O–H groups in total. The first-order valence-electron chi connectivity index (χ1n) is 5.85. The van der Waals surface area contributed by atoms with Crippen LogP contribution in [0.2, 0.25) is 0 Å². The molecule has 0 aromatic carbocycles. The summed E-state index contributed by atoms with van der Waals surface area (Å²) in [5.74, 6) is 2.00. The van der Waals surface area contributed by atoms with Gasteiger partial charge in [-0.2, -0.15) is 0 Å². The minimum atomic E-state index is -0.222. The minimum Gasteiger partial charge on any atom is -0.322 e. The maximum absolute atomic E-state index is 11.9. The lowest BCUT2D eigenvalue weighted by atomic mass is 9.73. The van der Waals surface area contributed by atoms with Crippen molar-refractivity contribution < 1.29 is 4.79 Å². The average molecular weight is 197 g/mol. The smallest absolute Gasteiger partial charge is 0.152 e. The SMILES string of the molecule is CCC(N)C(=O)C1CCC(C)C(C)C1. The van der Waals surface area contributed by atoms with Gasteiger partial charge in [-0.25, -0.2) is 0 Å². The van der Waals surface area contributed by atoms with Gasteiger partial charge >= 0.3 is 0 Å². The third-order valence-corrected chi connectivity index (χ3v) is 3.81. The zero-order chi connectivity index (χ0) is 10.7. The summed E-state index contributed by atoms with van der Waals surface area (Å²) in [5, 5.41) is 0. The molecule has 0 amide bonds. The Kier molecular flexibility index (Phi) is 4.11. The molecule has 2 heteroatoms. The molecule has 0 spiro atoms. The van der Waals surface area contributed by atoms with E-state index in [0.29, 0.717) is 11.7 Å². The Morgan fingerprint density at radius 1 is 1.36 bits per heavy atom. The maximum Gasteiger partial charge on any atom is 0.152 e. The minimum absolute atomic E-state index is 0.222. The second kappa shape index (κ2) is 4.92. The van der Waals surface area contributed by atoms with E-state index in [2.05, 4.69) is 13.8 Å². The van der Waals surface area contributed by atoms with E-state index >= 15 is 0 Å². The van der Waals surface area contributed by atoms with E-state index in [0.717, 1.165) is 25.2 Å². The Hall–Kier alpha value is -0.370. The molecular formula is C12H23NO. The lowest BCUT2D eigenvalue weighted by molar-refractivity contribution is -0.126. The predicted octanol–water partition coefficient (Wildman–Crippen LogP) is 2.37. The van der Waals surface area contributed by atoms with Crippen LogP contribution in [0.4, 0.5) is 0 Å². The number of carbonyl (C=O) groups excluding carboxylic acids is 1. The molecule has 1 fully saturated rings. The first kappa shape index (κ1) is 11.7. The van der Waals surface area contributed by atoms with Gasteiger partial charge in [-0.15, -0.1) is 0 Å². The van der Waals surface area contributed by atoms with E-state index in [1.807, 2.05) is 6.92 Å². The molecule has 0 aromatic rings. The Morgan fingerprint density at radius 3 is 2.50 bits per heavy atom. The van der Waals surface area contributed by atoms with Crippen molar-refractivity contribution in [2.24, 2.45) is 23.5 Å². The molecule has 14 heavy (non-hydrogen) atoms. The van der Waals surface area contributed by atoms with E-state index in [9.17, 15) is 4.79 Å². The summed E-state index contributed by atoms with van der Waals surface area (Å²) in [6.45, 7) is 6.52. The zero-order valence-corrected chi connectivity index (χ0v) is 9.62. The molecule has 2 nitrogen and oxygen atoms in total. The monoisotopic (exact) mass is 197 g/mol. The molecule has 1 aliphatic rings. The number of Topliss-reactive ketones (excluding diaryl/α,β-unsaturated/α-hetero) is 1. The third kappa shape index (κ3) is 2.57. The molecule has 1 saturated carbocycles. The standard InChI is InChI=1S/C12H23NO/c1-4-11(13)12(14)10-6-5-8(2)9(3)7-10/h8-11H,4-7,13H2,1-3H3. The fourth-order valence-electron chi connectivity index (χ4n) is 2.31.